The van der Waals surface area contributed by atoms with E-state index in [1.807, 2.05) is 25.7 Å². The molecule has 0 aliphatic carbocycles. The Hall–Kier alpha value is -1.14. The molecular weight excluding hydrogens is 272 g/mol. The van der Waals surface area contributed by atoms with Crippen LogP contribution in [0, 0.1) is 5.92 Å². The van der Waals surface area contributed by atoms with Crippen molar-refractivity contribution in [3.63, 3.8) is 0 Å². The van der Waals surface area contributed by atoms with E-state index in [2.05, 4.69) is 5.32 Å². The van der Waals surface area contributed by atoms with E-state index in [1.165, 1.54) is 7.11 Å². The lowest BCUT2D eigenvalue weighted by atomic mass is 9.89. The number of hydrogen-bond acceptors (Lipinski definition) is 5. The molecule has 1 atom stereocenters. The van der Waals surface area contributed by atoms with Gasteiger partial charge in [0.15, 0.2) is 0 Å². The predicted octanol–water partition coefficient (Wildman–Crippen LogP) is 0.537. The topological polar surface area (TPSA) is 78.9 Å². The molecule has 1 saturated heterocycles. The molecule has 1 amide bonds. The highest BCUT2D eigenvalue weighted by molar-refractivity contribution is 5.85. The number of hydrogen-bond donors (Lipinski definition) is 2. The molecule has 0 aromatic carbocycles. The average molecular weight is 300 g/mol. The number of amides is 1. The molecular formula is C15H28N2O4. The molecule has 6 nitrogen and oxygen atoms in total. The molecule has 1 aliphatic rings. The number of nitrogens with zero attached hydrogens (tertiary/aromatic N) is 1. The maximum absolute atomic E-state index is 12.0. The molecule has 21 heavy (non-hydrogen) atoms. The zero-order valence-electron chi connectivity index (χ0n) is 13.5. The minimum absolute atomic E-state index is 0.204. The van der Waals surface area contributed by atoms with Crippen molar-refractivity contribution in [3.8, 4) is 0 Å². The van der Waals surface area contributed by atoms with Crippen LogP contribution in [-0.4, -0.2) is 60.3 Å². The van der Waals surface area contributed by atoms with Crippen molar-refractivity contribution in [2.24, 2.45) is 5.92 Å². The smallest absolute Gasteiger partial charge is 0.328 e. The first-order valence-corrected chi connectivity index (χ1v) is 7.61. The van der Waals surface area contributed by atoms with E-state index in [4.69, 9.17) is 4.74 Å². The van der Waals surface area contributed by atoms with Crippen molar-refractivity contribution in [1.29, 1.82) is 0 Å². The molecule has 0 spiro atoms. The number of carbonyl (C=O) groups excluding carboxylic acids is 2. The molecule has 1 unspecified atom stereocenters. The molecule has 2 N–H and O–H groups in total. The fourth-order valence-corrected chi connectivity index (χ4v) is 2.79. The number of β-amino-alcohol motifs (C(OH)–C–C–N with tert-alkyl or cyclic N) is 1. The third-order valence-electron chi connectivity index (χ3n) is 3.65. The van der Waals surface area contributed by atoms with Gasteiger partial charge in [-0.1, -0.05) is 27.2 Å². The first kappa shape index (κ1) is 17.9. The maximum Gasteiger partial charge on any atom is 0.328 e. The number of carbonyl (C=O) groups is 2. The summed E-state index contributed by atoms with van der Waals surface area (Å²) in [5.41, 5.74) is -0.644. The molecule has 1 fully saturated rings. The van der Waals surface area contributed by atoms with Crippen molar-refractivity contribution in [1.82, 2.24) is 10.2 Å². The first-order valence-electron chi connectivity index (χ1n) is 7.61. The molecule has 1 aliphatic heterocycles. The maximum atomic E-state index is 12.0. The van der Waals surface area contributed by atoms with Gasteiger partial charge in [-0.05, 0) is 18.8 Å². The second-order valence-electron chi connectivity index (χ2n) is 6.39. The molecule has 122 valence electrons. The van der Waals surface area contributed by atoms with E-state index in [9.17, 15) is 14.7 Å². The van der Waals surface area contributed by atoms with Gasteiger partial charge in [0.05, 0.1) is 19.3 Å². The lowest BCUT2D eigenvalue weighted by molar-refractivity contribution is -0.147. The third kappa shape index (κ3) is 5.63. The predicted molar refractivity (Wildman–Crippen MR) is 79.7 cm³/mol. The summed E-state index contributed by atoms with van der Waals surface area (Å²) in [6.07, 6.45) is 2.23. The van der Waals surface area contributed by atoms with Crippen molar-refractivity contribution < 1.29 is 19.4 Å². The van der Waals surface area contributed by atoms with Crippen LogP contribution in [0.1, 0.15) is 40.0 Å². The SMILES string of the molecule is CCCC1(O)CN(CC(=O)NC(CC(C)C)C(=O)OC)C1. The Morgan fingerprint density at radius 3 is 2.48 bits per heavy atom. The fraction of sp³-hybridized carbons (Fsp3) is 0.867. The molecule has 6 heteroatoms. The second-order valence-corrected chi connectivity index (χ2v) is 6.39. The van der Waals surface area contributed by atoms with Gasteiger partial charge in [-0.3, -0.25) is 9.69 Å². The van der Waals surface area contributed by atoms with Crippen LogP contribution in [0.3, 0.4) is 0 Å². The van der Waals surface area contributed by atoms with Crippen LogP contribution in [-0.2, 0) is 14.3 Å². The Bertz CT molecular complexity index is 365. The number of esters is 1. The summed E-state index contributed by atoms with van der Waals surface area (Å²) >= 11 is 0. The highest BCUT2D eigenvalue weighted by Gasteiger charge is 2.40. The second kappa shape index (κ2) is 7.75. The largest absolute Gasteiger partial charge is 0.467 e. The molecule has 0 saturated carbocycles. The number of methoxy groups -OCH3 is 1. The van der Waals surface area contributed by atoms with Crippen molar-refractivity contribution in [3.05, 3.63) is 0 Å². The quantitative estimate of drug-likeness (QED) is 0.640. The van der Waals surface area contributed by atoms with Gasteiger partial charge in [0, 0.05) is 13.1 Å². The zero-order valence-corrected chi connectivity index (χ0v) is 13.5. The summed E-state index contributed by atoms with van der Waals surface area (Å²) in [4.78, 5) is 25.5. The van der Waals surface area contributed by atoms with Crippen LogP contribution in [0.4, 0.5) is 0 Å². The van der Waals surface area contributed by atoms with Gasteiger partial charge < -0.3 is 15.2 Å². The molecule has 1 rings (SSSR count). The number of ether oxygens (including phenoxy) is 1. The van der Waals surface area contributed by atoms with Crippen molar-refractivity contribution in [2.75, 3.05) is 26.7 Å². The lowest BCUT2D eigenvalue weighted by Gasteiger charge is -2.46. The van der Waals surface area contributed by atoms with Gasteiger partial charge in [-0.25, -0.2) is 4.79 Å². The Morgan fingerprint density at radius 1 is 1.38 bits per heavy atom. The van der Waals surface area contributed by atoms with Gasteiger partial charge >= 0.3 is 5.97 Å². The van der Waals surface area contributed by atoms with E-state index in [-0.39, 0.29) is 18.4 Å². The average Bonchev–Trinajstić information content (AvgIpc) is 2.34. The number of nitrogens with one attached hydrogen (secondary N) is 1. The summed E-state index contributed by atoms with van der Waals surface area (Å²) < 4.78 is 4.72. The van der Waals surface area contributed by atoms with Crippen LogP contribution in [0.15, 0.2) is 0 Å². The molecule has 0 aromatic rings. The Labute approximate surface area is 126 Å². The number of likely N-dealkylation sites (tertiary alicyclic amines) is 1. The van der Waals surface area contributed by atoms with E-state index < -0.39 is 17.6 Å². The van der Waals surface area contributed by atoms with E-state index in [0.717, 1.165) is 12.8 Å². The fourth-order valence-electron chi connectivity index (χ4n) is 2.79. The number of rotatable bonds is 8. The minimum Gasteiger partial charge on any atom is -0.467 e. The highest BCUT2D eigenvalue weighted by Crippen LogP contribution is 2.25. The number of aliphatic hydroxyl groups is 1. The van der Waals surface area contributed by atoms with Crippen LogP contribution in [0.25, 0.3) is 0 Å². The Balaban J connectivity index is 2.40. The van der Waals surface area contributed by atoms with Gasteiger partial charge in [-0.15, -0.1) is 0 Å². The van der Waals surface area contributed by atoms with Gasteiger partial charge in [0.25, 0.3) is 0 Å². The van der Waals surface area contributed by atoms with Crippen LogP contribution < -0.4 is 5.32 Å². The summed E-state index contributed by atoms with van der Waals surface area (Å²) in [7, 11) is 1.32. The van der Waals surface area contributed by atoms with Crippen LogP contribution in [0.2, 0.25) is 0 Å². The highest BCUT2D eigenvalue weighted by atomic mass is 16.5. The van der Waals surface area contributed by atoms with Crippen molar-refractivity contribution >= 4 is 11.9 Å². The molecule has 0 bridgehead atoms. The normalized spacial score (nSPS) is 19.0. The van der Waals surface area contributed by atoms with Gasteiger partial charge in [0.2, 0.25) is 5.91 Å². The van der Waals surface area contributed by atoms with E-state index in [1.54, 1.807) is 0 Å². The third-order valence-corrected chi connectivity index (χ3v) is 3.65. The summed E-state index contributed by atoms with van der Waals surface area (Å²) in [5, 5.41) is 12.8. The van der Waals surface area contributed by atoms with Crippen LogP contribution in [0.5, 0.6) is 0 Å². The Morgan fingerprint density at radius 2 is 2.00 bits per heavy atom. The van der Waals surface area contributed by atoms with Crippen molar-refractivity contribution in [2.45, 2.75) is 51.7 Å². The van der Waals surface area contributed by atoms with E-state index >= 15 is 0 Å². The zero-order chi connectivity index (χ0) is 16.0. The first-order chi connectivity index (χ1) is 9.79. The summed E-state index contributed by atoms with van der Waals surface area (Å²) in [6, 6.07) is -0.599. The van der Waals surface area contributed by atoms with E-state index in [0.29, 0.717) is 19.5 Å². The monoisotopic (exact) mass is 300 g/mol. The lowest BCUT2D eigenvalue weighted by Crippen LogP contribution is -2.63. The Kier molecular flexibility index (Phi) is 6.61. The molecule has 0 radical (unpaired) electrons. The molecule has 0 aromatic heterocycles. The minimum atomic E-state index is -0.644. The summed E-state index contributed by atoms with van der Waals surface area (Å²) in [5.74, 6) is -0.333. The standard InChI is InChI=1S/C15H28N2O4/c1-5-6-15(20)9-17(10-15)8-13(18)16-12(7-11(2)3)14(19)21-4/h11-12,20H,5-10H2,1-4H3,(H,16,18). The van der Waals surface area contributed by atoms with Crippen LogP contribution >= 0.6 is 0 Å². The van der Waals surface area contributed by atoms with Gasteiger partial charge in [0.1, 0.15) is 6.04 Å². The van der Waals surface area contributed by atoms with Gasteiger partial charge in [-0.2, -0.15) is 0 Å². The summed E-state index contributed by atoms with van der Waals surface area (Å²) in [6.45, 7) is 7.24. The molecule has 1 heterocycles.